The van der Waals surface area contributed by atoms with Crippen LogP contribution in [0.4, 0.5) is 0 Å². The molecule has 1 aromatic rings. The van der Waals surface area contributed by atoms with Crippen molar-refractivity contribution in [3.8, 4) is 0 Å². The predicted octanol–water partition coefficient (Wildman–Crippen LogP) is 7.57. The smallest absolute Gasteiger partial charge is 0.309 e. The third-order valence-electron chi connectivity index (χ3n) is 6.25. The van der Waals surface area contributed by atoms with Crippen molar-refractivity contribution in [2.45, 2.75) is 110 Å². The molecule has 33 heavy (non-hydrogen) atoms. The molecule has 0 radical (unpaired) electrons. The molecule has 0 fully saturated rings. The number of hydrogen-bond acceptors (Lipinski definition) is 4. The van der Waals surface area contributed by atoms with Crippen molar-refractivity contribution in [2.75, 3.05) is 19.7 Å². The zero-order chi connectivity index (χ0) is 24.7. The molecule has 0 aliphatic heterocycles. The maximum absolute atomic E-state index is 12.5. The third-order valence-corrected chi connectivity index (χ3v) is 6.59. The van der Waals surface area contributed by atoms with Gasteiger partial charge in [-0.25, -0.2) is 0 Å². The molecule has 2 atom stereocenters. The maximum Gasteiger partial charge on any atom is 0.309 e. The Morgan fingerprint density at radius 1 is 0.970 bits per heavy atom. The Labute approximate surface area is 208 Å². The first kappa shape index (κ1) is 29.9. The fraction of sp³-hybridized carbons (Fsp3) is 0.750. The van der Waals surface area contributed by atoms with Crippen LogP contribution >= 0.6 is 11.6 Å². The second-order valence-corrected chi connectivity index (χ2v) is 10.8. The molecule has 0 spiro atoms. The zero-order valence-electron chi connectivity index (χ0n) is 21.7. The maximum atomic E-state index is 12.5. The second-order valence-electron chi connectivity index (χ2n) is 10.4. The van der Waals surface area contributed by atoms with Crippen LogP contribution in [0.5, 0.6) is 0 Å². The van der Waals surface area contributed by atoms with Crippen LogP contribution in [0.15, 0.2) is 24.3 Å². The van der Waals surface area contributed by atoms with Crippen molar-refractivity contribution in [2.24, 2.45) is 5.92 Å². The molecule has 5 heteroatoms. The van der Waals surface area contributed by atoms with Crippen molar-refractivity contribution in [3.05, 3.63) is 34.9 Å². The van der Waals surface area contributed by atoms with Crippen molar-refractivity contribution in [1.29, 1.82) is 0 Å². The number of carbonyl (C=O) groups excluding carboxylic acids is 1. The molecular weight excluding hydrogens is 434 g/mol. The largest absolute Gasteiger partial charge is 0.465 e. The average molecular weight is 482 g/mol. The Morgan fingerprint density at radius 2 is 1.52 bits per heavy atom. The minimum Gasteiger partial charge on any atom is -0.465 e. The minimum absolute atomic E-state index is 0.160. The molecule has 0 aromatic heterocycles. The molecule has 0 amide bonds. The Morgan fingerprint density at radius 3 is 2.06 bits per heavy atom. The number of hydrogen-bond donors (Lipinski definition) is 1. The first-order valence-corrected chi connectivity index (χ1v) is 13.4. The number of carbonyl (C=O) groups is 1. The summed E-state index contributed by atoms with van der Waals surface area (Å²) >= 11 is 6.26. The number of aliphatic hydroxyl groups excluding tert-OH is 1. The zero-order valence-corrected chi connectivity index (χ0v) is 22.5. The summed E-state index contributed by atoms with van der Waals surface area (Å²) in [6.07, 6.45) is 11.9. The molecule has 2 unspecified atom stereocenters. The van der Waals surface area contributed by atoms with Crippen molar-refractivity contribution in [3.63, 3.8) is 0 Å². The van der Waals surface area contributed by atoms with Crippen LogP contribution in [0, 0.1) is 5.92 Å². The normalized spacial score (nSPS) is 13.8. The molecule has 0 aliphatic carbocycles. The van der Waals surface area contributed by atoms with Gasteiger partial charge < -0.3 is 9.84 Å². The van der Waals surface area contributed by atoms with Crippen molar-refractivity contribution >= 4 is 17.6 Å². The monoisotopic (exact) mass is 481 g/mol. The first-order valence-electron chi connectivity index (χ1n) is 13.0. The van der Waals surface area contributed by atoms with Gasteiger partial charge in [0.1, 0.15) is 0 Å². The molecule has 0 heterocycles. The number of β-amino-alcohol motifs (C(OH)–C–C–N with tert-alkyl or cyclic N) is 1. The summed E-state index contributed by atoms with van der Waals surface area (Å²) in [4.78, 5) is 14.7. The number of rotatable bonds is 17. The lowest BCUT2D eigenvalue weighted by molar-refractivity contribution is -0.149. The standard InChI is InChI=1S/C28H48ClNO3/c1-6-7-8-9-10-11-12-13-14-17-20-33-27(32)23(2)21-30(28(3,4)5)22-26(31)24-18-15-16-19-25(24)29/h15-16,18-19,23,26,31H,6-14,17,20-22H2,1-5H3. The first-order chi connectivity index (χ1) is 15.7. The number of benzene rings is 1. The molecule has 1 N–H and O–H groups in total. The van der Waals surface area contributed by atoms with Gasteiger partial charge in [0.15, 0.2) is 0 Å². The van der Waals surface area contributed by atoms with E-state index in [0.29, 0.717) is 30.3 Å². The van der Waals surface area contributed by atoms with Crippen LogP contribution in [0.1, 0.15) is 110 Å². The van der Waals surface area contributed by atoms with Crippen molar-refractivity contribution < 1.29 is 14.6 Å². The van der Waals surface area contributed by atoms with E-state index in [2.05, 4.69) is 32.6 Å². The van der Waals surface area contributed by atoms with Crippen LogP contribution in [0.3, 0.4) is 0 Å². The Kier molecular flexibility index (Phi) is 15.0. The minimum atomic E-state index is -0.715. The van der Waals surface area contributed by atoms with Gasteiger partial charge in [0.05, 0.1) is 18.6 Å². The highest BCUT2D eigenvalue weighted by Crippen LogP contribution is 2.26. The molecule has 1 aromatic carbocycles. The quantitative estimate of drug-likeness (QED) is 0.184. The number of halogens is 1. The lowest BCUT2D eigenvalue weighted by Gasteiger charge is -2.38. The van der Waals surface area contributed by atoms with E-state index in [9.17, 15) is 9.90 Å². The third kappa shape index (κ3) is 12.8. The summed E-state index contributed by atoms with van der Waals surface area (Å²) < 4.78 is 5.55. The molecular formula is C28H48ClNO3. The van der Waals surface area contributed by atoms with E-state index >= 15 is 0 Å². The molecule has 0 saturated heterocycles. The highest BCUT2D eigenvalue weighted by Gasteiger charge is 2.29. The van der Waals surface area contributed by atoms with Crippen LogP contribution in [-0.2, 0) is 9.53 Å². The van der Waals surface area contributed by atoms with E-state index < -0.39 is 6.10 Å². The predicted molar refractivity (Wildman–Crippen MR) is 140 cm³/mol. The van der Waals surface area contributed by atoms with E-state index in [0.717, 1.165) is 12.8 Å². The van der Waals surface area contributed by atoms with Crippen LogP contribution in [0.25, 0.3) is 0 Å². The second kappa shape index (κ2) is 16.5. The SMILES string of the molecule is CCCCCCCCCCCCOC(=O)C(C)CN(CC(O)c1ccccc1Cl)C(C)(C)C. The highest BCUT2D eigenvalue weighted by atomic mass is 35.5. The average Bonchev–Trinajstić information content (AvgIpc) is 2.76. The molecule has 0 aliphatic rings. The fourth-order valence-corrected chi connectivity index (χ4v) is 4.25. The van der Waals surface area contributed by atoms with Gasteiger partial charge in [0.2, 0.25) is 0 Å². The fourth-order valence-electron chi connectivity index (χ4n) is 3.98. The summed E-state index contributed by atoms with van der Waals surface area (Å²) in [5.74, 6) is -0.418. The van der Waals surface area contributed by atoms with Gasteiger partial charge in [-0.15, -0.1) is 0 Å². The molecule has 1 rings (SSSR count). The molecule has 190 valence electrons. The van der Waals surface area contributed by atoms with Gasteiger partial charge in [-0.3, -0.25) is 9.69 Å². The van der Waals surface area contributed by atoms with E-state index in [-0.39, 0.29) is 17.4 Å². The van der Waals surface area contributed by atoms with E-state index in [1.807, 2.05) is 25.1 Å². The van der Waals surface area contributed by atoms with E-state index in [1.54, 1.807) is 6.07 Å². The number of unbranched alkanes of at least 4 members (excludes halogenated alkanes) is 9. The lowest BCUT2D eigenvalue weighted by Crippen LogP contribution is -2.47. The number of esters is 1. The summed E-state index contributed by atoms with van der Waals surface area (Å²) in [5, 5.41) is 11.3. The lowest BCUT2D eigenvalue weighted by atomic mass is 10.00. The Bertz CT molecular complexity index is 659. The van der Waals surface area contributed by atoms with Gasteiger partial charge in [-0.2, -0.15) is 0 Å². The van der Waals surface area contributed by atoms with Gasteiger partial charge >= 0.3 is 5.97 Å². The Balaban J connectivity index is 2.33. The van der Waals surface area contributed by atoms with Crippen LogP contribution in [-0.4, -0.2) is 41.2 Å². The summed E-state index contributed by atoms with van der Waals surface area (Å²) in [5.41, 5.74) is 0.512. The van der Waals surface area contributed by atoms with Crippen LogP contribution in [0.2, 0.25) is 5.02 Å². The van der Waals surface area contributed by atoms with Gasteiger partial charge in [0.25, 0.3) is 0 Å². The van der Waals surface area contributed by atoms with Gasteiger partial charge in [-0.1, -0.05) is 101 Å². The molecule has 0 saturated carbocycles. The summed E-state index contributed by atoms with van der Waals surface area (Å²) in [7, 11) is 0. The van der Waals surface area contributed by atoms with E-state index in [1.165, 1.54) is 51.4 Å². The van der Waals surface area contributed by atoms with Gasteiger partial charge in [0, 0.05) is 29.2 Å². The van der Waals surface area contributed by atoms with Crippen LogP contribution < -0.4 is 0 Å². The number of ether oxygens (including phenoxy) is 1. The summed E-state index contributed by atoms with van der Waals surface area (Å²) in [6, 6.07) is 7.36. The molecule has 4 nitrogen and oxygen atoms in total. The van der Waals surface area contributed by atoms with Gasteiger partial charge in [-0.05, 0) is 33.3 Å². The molecule has 0 bridgehead atoms. The number of nitrogens with zero attached hydrogens (tertiary/aromatic N) is 1. The van der Waals surface area contributed by atoms with Crippen molar-refractivity contribution in [1.82, 2.24) is 4.90 Å². The summed E-state index contributed by atoms with van der Waals surface area (Å²) in [6.45, 7) is 11.9. The number of aliphatic hydroxyl groups is 1. The Hall–Kier alpha value is -1.10. The topological polar surface area (TPSA) is 49.8 Å². The highest BCUT2D eigenvalue weighted by molar-refractivity contribution is 6.31. The van der Waals surface area contributed by atoms with E-state index in [4.69, 9.17) is 16.3 Å².